The number of thioether (sulfide) groups is 1. The van der Waals surface area contributed by atoms with Gasteiger partial charge in [0.15, 0.2) is 0 Å². The minimum Gasteiger partial charge on any atom is -0.355 e. The number of hydrogen-bond donors (Lipinski definition) is 1. The van der Waals surface area contributed by atoms with Crippen molar-refractivity contribution in [2.24, 2.45) is 0 Å². The molecule has 2 amide bonds. The van der Waals surface area contributed by atoms with Gasteiger partial charge in [0.05, 0.1) is 10.0 Å². The Labute approximate surface area is 203 Å². The van der Waals surface area contributed by atoms with Crippen molar-refractivity contribution in [2.45, 2.75) is 50.6 Å². The average Bonchev–Trinajstić information content (AvgIpc) is 2.75. The van der Waals surface area contributed by atoms with Crippen molar-refractivity contribution in [3.63, 3.8) is 0 Å². The van der Waals surface area contributed by atoms with Gasteiger partial charge in [-0.25, -0.2) is 0 Å². The molecular formula is C23H27Cl3N2O2S. The molecule has 0 aromatic heterocycles. The lowest BCUT2D eigenvalue weighted by Gasteiger charge is -2.30. The first-order chi connectivity index (χ1) is 14.8. The van der Waals surface area contributed by atoms with E-state index in [-0.39, 0.29) is 11.8 Å². The summed E-state index contributed by atoms with van der Waals surface area (Å²) in [6, 6.07) is 12.4. The highest BCUT2D eigenvalue weighted by Crippen LogP contribution is 2.25. The van der Waals surface area contributed by atoms with Gasteiger partial charge in [0.2, 0.25) is 11.8 Å². The Morgan fingerprint density at radius 1 is 1.03 bits per heavy atom. The van der Waals surface area contributed by atoms with Crippen LogP contribution < -0.4 is 5.32 Å². The standard InChI is InChI=1S/C23H27Cl3N2O2S/c1-3-21(23(30)27-4-2)28(15-16-7-12-19(25)20(26)14-16)22(29)6-5-13-31-18-10-8-17(24)9-11-18/h7-12,14,21H,3-6,13,15H2,1-2H3,(H,27,30)/t21-/m1/s1. The molecule has 0 aliphatic rings. The van der Waals surface area contributed by atoms with E-state index in [9.17, 15) is 9.59 Å². The number of nitrogens with zero attached hydrogens (tertiary/aromatic N) is 1. The molecule has 1 N–H and O–H groups in total. The van der Waals surface area contributed by atoms with Crippen molar-refractivity contribution in [1.82, 2.24) is 10.2 Å². The number of likely N-dealkylation sites (N-methyl/N-ethyl adjacent to an activating group) is 1. The number of rotatable bonds is 11. The molecule has 0 aliphatic carbocycles. The molecule has 0 bridgehead atoms. The molecule has 0 saturated heterocycles. The van der Waals surface area contributed by atoms with Crippen LogP contribution >= 0.6 is 46.6 Å². The Morgan fingerprint density at radius 3 is 2.35 bits per heavy atom. The lowest BCUT2D eigenvalue weighted by molar-refractivity contribution is -0.141. The van der Waals surface area contributed by atoms with E-state index in [1.54, 1.807) is 28.8 Å². The maximum atomic E-state index is 13.1. The predicted octanol–water partition coefficient (Wildman–Crippen LogP) is 6.46. The Hall–Kier alpha value is -1.40. The van der Waals surface area contributed by atoms with Gasteiger partial charge < -0.3 is 10.2 Å². The Kier molecular flexibility index (Phi) is 11.0. The smallest absolute Gasteiger partial charge is 0.242 e. The Morgan fingerprint density at radius 2 is 1.74 bits per heavy atom. The summed E-state index contributed by atoms with van der Waals surface area (Å²) in [6.45, 7) is 4.59. The highest BCUT2D eigenvalue weighted by atomic mass is 35.5. The van der Waals surface area contributed by atoms with Crippen LogP contribution in [0.2, 0.25) is 15.1 Å². The summed E-state index contributed by atoms with van der Waals surface area (Å²) in [5, 5.41) is 4.42. The second kappa shape index (κ2) is 13.2. The zero-order valence-electron chi connectivity index (χ0n) is 17.7. The van der Waals surface area contributed by atoms with Crippen molar-refractivity contribution in [1.29, 1.82) is 0 Å². The zero-order chi connectivity index (χ0) is 22.8. The number of hydrogen-bond acceptors (Lipinski definition) is 3. The molecule has 2 aromatic rings. The molecule has 1 atom stereocenters. The van der Waals surface area contributed by atoms with Gasteiger partial charge >= 0.3 is 0 Å². The van der Waals surface area contributed by atoms with Crippen LogP contribution in [0.25, 0.3) is 0 Å². The summed E-state index contributed by atoms with van der Waals surface area (Å²) >= 11 is 19.8. The highest BCUT2D eigenvalue weighted by Gasteiger charge is 2.28. The predicted molar refractivity (Wildman–Crippen MR) is 131 cm³/mol. The molecule has 0 fully saturated rings. The topological polar surface area (TPSA) is 49.4 Å². The van der Waals surface area contributed by atoms with Gasteiger partial charge in [0.25, 0.3) is 0 Å². The van der Waals surface area contributed by atoms with Gasteiger partial charge in [0, 0.05) is 29.4 Å². The average molecular weight is 502 g/mol. The molecule has 168 valence electrons. The van der Waals surface area contributed by atoms with Crippen molar-refractivity contribution in [3.8, 4) is 0 Å². The summed E-state index contributed by atoms with van der Waals surface area (Å²) in [5.41, 5.74) is 0.834. The summed E-state index contributed by atoms with van der Waals surface area (Å²) in [6.07, 6.45) is 1.59. The van der Waals surface area contributed by atoms with Gasteiger partial charge in [0.1, 0.15) is 6.04 Å². The van der Waals surface area contributed by atoms with Gasteiger partial charge in [-0.2, -0.15) is 0 Å². The molecular weight excluding hydrogens is 475 g/mol. The van der Waals surface area contributed by atoms with E-state index < -0.39 is 6.04 Å². The number of benzene rings is 2. The second-order valence-corrected chi connectivity index (χ2v) is 9.41. The third-order valence-electron chi connectivity index (χ3n) is 4.69. The Bertz CT molecular complexity index is 878. The van der Waals surface area contributed by atoms with Crippen LogP contribution in [-0.4, -0.2) is 35.1 Å². The molecule has 0 saturated carbocycles. The first-order valence-electron chi connectivity index (χ1n) is 10.2. The van der Waals surface area contributed by atoms with Crippen LogP contribution in [0.5, 0.6) is 0 Å². The second-order valence-electron chi connectivity index (χ2n) is 6.99. The van der Waals surface area contributed by atoms with Gasteiger partial charge in [-0.05, 0) is 67.5 Å². The largest absolute Gasteiger partial charge is 0.355 e. The number of nitrogens with one attached hydrogen (secondary N) is 1. The van der Waals surface area contributed by atoms with Crippen LogP contribution in [0.15, 0.2) is 47.4 Å². The third kappa shape index (κ3) is 8.23. The first-order valence-corrected chi connectivity index (χ1v) is 12.4. The van der Waals surface area contributed by atoms with E-state index in [1.165, 1.54) is 0 Å². The monoisotopic (exact) mass is 500 g/mol. The number of carbonyl (C=O) groups excluding carboxylic acids is 2. The van der Waals surface area contributed by atoms with Crippen LogP contribution in [0.1, 0.15) is 38.7 Å². The Balaban J connectivity index is 2.06. The van der Waals surface area contributed by atoms with Crippen molar-refractivity contribution < 1.29 is 9.59 Å². The molecule has 0 unspecified atom stereocenters. The highest BCUT2D eigenvalue weighted by molar-refractivity contribution is 7.99. The minimum atomic E-state index is -0.536. The van der Waals surface area contributed by atoms with E-state index >= 15 is 0 Å². The third-order valence-corrected chi connectivity index (χ3v) is 6.78. The molecule has 8 heteroatoms. The fourth-order valence-corrected chi connectivity index (χ4v) is 4.43. The summed E-state index contributed by atoms with van der Waals surface area (Å²) < 4.78 is 0. The van der Waals surface area contributed by atoms with Crippen molar-refractivity contribution in [2.75, 3.05) is 12.3 Å². The fourth-order valence-electron chi connectivity index (χ4n) is 3.13. The normalized spacial score (nSPS) is 11.8. The van der Waals surface area contributed by atoms with Gasteiger partial charge in [-0.3, -0.25) is 9.59 Å². The van der Waals surface area contributed by atoms with Crippen molar-refractivity contribution in [3.05, 3.63) is 63.1 Å². The zero-order valence-corrected chi connectivity index (χ0v) is 20.8. The first kappa shape index (κ1) is 25.9. The summed E-state index contributed by atoms with van der Waals surface area (Å²) in [7, 11) is 0. The van der Waals surface area contributed by atoms with E-state index in [0.717, 1.165) is 16.2 Å². The van der Waals surface area contributed by atoms with E-state index in [4.69, 9.17) is 34.8 Å². The lowest BCUT2D eigenvalue weighted by atomic mass is 10.1. The van der Waals surface area contributed by atoms with Crippen molar-refractivity contribution >= 4 is 58.4 Å². The quantitative estimate of drug-likeness (QED) is 0.284. The molecule has 31 heavy (non-hydrogen) atoms. The SMILES string of the molecule is CCNC(=O)[C@@H](CC)N(Cc1ccc(Cl)c(Cl)c1)C(=O)CCCSc1ccc(Cl)cc1. The van der Waals surface area contributed by atoms with Crippen LogP contribution in [0.4, 0.5) is 0 Å². The maximum Gasteiger partial charge on any atom is 0.242 e. The van der Waals surface area contributed by atoms with E-state index in [2.05, 4.69) is 5.32 Å². The van der Waals surface area contributed by atoms with Crippen LogP contribution in [0.3, 0.4) is 0 Å². The number of amides is 2. The molecule has 4 nitrogen and oxygen atoms in total. The van der Waals surface area contributed by atoms with Gasteiger partial charge in [-0.15, -0.1) is 11.8 Å². The van der Waals surface area contributed by atoms with E-state index in [0.29, 0.717) is 47.4 Å². The van der Waals surface area contributed by atoms with Crippen LogP contribution in [-0.2, 0) is 16.1 Å². The van der Waals surface area contributed by atoms with Gasteiger partial charge in [-0.1, -0.05) is 47.8 Å². The van der Waals surface area contributed by atoms with E-state index in [1.807, 2.05) is 44.2 Å². The van der Waals surface area contributed by atoms with Crippen LogP contribution in [0, 0.1) is 0 Å². The lowest BCUT2D eigenvalue weighted by Crippen LogP contribution is -2.49. The number of halogens is 3. The molecule has 0 heterocycles. The molecule has 2 rings (SSSR count). The summed E-state index contributed by atoms with van der Waals surface area (Å²) in [4.78, 5) is 28.5. The maximum absolute atomic E-state index is 13.1. The molecule has 0 spiro atoms. The molecule has 0 radical (unpaired) electrons. The number of carbonyl (C=O) groups is 2. The molecule has 0 aliphatic heterocycles. The fraction of sp³-hybridized carbons (Fsp3) is 0.391. The summed E-state index contributed by atoms with van der Waals surface area (Å²) in [5.74, 6) is 0.598. The molecule has 2 aromatic carbocycles. The minimum absolute atomic E-state index is 0.0547.